The molecule has 0 fully saturated rings. The zero-order valence-corrected chi connectivity index (χ0v) is 22.5. The Morgan fingerprint density at radius 2 is 1.82 bits per heavy atom. The summed E-state index contributed by atoms with van der Waals surface area (Å²) in [5, 5.41) is 12.6. The molecular formula is C32H27N3O3S. The van der Waals surface area contributed by atoms with Gasteiger partial charge in [0, 0.05) is 32.7 Å². The first-order valence-electron chi connectivity index (χ1n) is 12.7. The first-order valence-corrected chi connectivity index (χ1v) is 13.6. The van der Waals surface area contributed by atoms with Gasteiger partial charge < -0.3 is 14.6 Å². The van der Waals surface area contributed by atoms with Crippen molar-refractivity contribution in [3.05, 3.63) is 112 Å². The number of ether oxygens (including phenoxy) is 1. The van der Waals surface area contributed by atoms with E-state index >= 15 is 0 Å². The average Bonchev–Trinajstić information content (AvgIpc) is 3.60. The van der Waals surface area contributed by atoms with E-state index in [1.54, 1.807) is 29.2 Å². The van der Waals surface area contributed by atoms with Crippen LogP contribution in [-0.4, -0.2) is 23.5 Å². The highest BCUT2D eigenvalue weighted by atomic mass is 32.1. The number of aryl methyl sites for hydroxylation is 1. The Hall–Kier alpha value is -4.67. The number of aromatic amines is 1. The smallest absolute Gasteiger partial charge is 0.311 e. The average molecular weight is 534 g/mol. The third-order valence-corrected chi connectivity index (χ3v) is 7.65. The van der Waals surface area contributed by atoms with Gasteiger partial charge in [0.2, 0.25) is 0 Å². The molecular weight excluding hydrogens is 506 g/mol. The van der Waals surface area contributed by atoms with Gasteiger partial charge in [0.25, 0.3) is 5.91 Å². The zero-order valence-electron chi connectivity index (χ0n) is 21.7. The molecule has 0 aliphatic rings. The number of aromatic nitrogens is 1. The van der Waals surface area contributed by atoms with Crippen molar-refractivity contribution in [1.29, 1.82) is 5.26 Å². The molecule has 0 aliphatic carbocycles. The van der Waals surface area contributed by atoms with E-state index in [1.807, 2.05) is 79.0 Å². The molecule has 0 spiro atoms. The number of carbonyl (C=O) groups is 2. The monoisotopic (exact) mass is 533 g/mol. The lowest BCUT2D eigenvalue weighted by atomic mass is 10.0. The molecule has 1 amide bonds. The summed E-state index contributed by atoms with van der Waals surface area (Å²) >= 11 is 1.65. The molecule has 0 saturated heterocycles. The summed E-state index contributed by atoms with van der Waals surface area (Å²) in [5.41, 5.74) is 6.20. The van der Waals surface area contributed by atoms with Crippen LogP contribution in [0.4, 0.5) is 5.69 Å². The van der Waals surface area contributed by atoms with E-state index in [1.165, 1.54) is 0 Å². The van der Waals surface area contributed by atoms with Crippen molar-refractivity contribution in [2.45, 2.75) is 26.8 Å². The maximum absolute atomic E-state index is 14.0. The van der Waals surface area contributed by atoms with E-state index in [2.05, 4.69) is 17.1 Å². The molecule has 1 N–H and O–H groups in total. The first-order chi connectivity index (χ1) is 19.0. The highest BCUT2D eigenvalue weighted by Crippen LogP contribution is 2.30. The third kappa shape index (κ3) is 5.47. The van der Waals surface area contributed by atoms with Crippen LogP contribution in [0.2, 0.25) is 0 Å². The molecule has 2 heterocycles. The van der Waals surface area contributed by atoms with Crippen molar-refractivity contribution >= 4 is 39.8 Å². The summed E-state index contributed by atoms with van der Waals surface area (Å²) in [5.74, 6) is -0.456. The summed E-state index contributed by atoms with van der Waals surface area (Å²) in [6.45, 7) is 4.31. The zero-order chi connectivity index (χ0) is 27.4. The normalized spacial score (nSPS) is 10.8. The SMILES string of the molecule is CCOC(=O)Cc1[nH]c2ccc(N(Cc3ccccc3C#N)C(=O)c3ccc(-c4cccs4)cc3)cc2c1C. The number of carbonyl (C=O) groups excluding carboxylic acids is 2. The standard InChI is InChI=1S/C32H27N3O3S/c1-3-38-31(36)18-29-21(2)27-17-26(14-15-28(27)34-29)35(20-25-8-5-4-7-24(25)19-33)32(37)23-12-10-22(11-13-23)30-9-6-16-39-30/h4-17,34H,3,18,20H2,1-2H3. The first kappa shape index (κ1) is 26.0. The number of hydrogen-bond donors (Lipinski definition) is 1. The molecule has 0 saturated carbocycles. The third-order valence-electron chi connectivity index (χ3n) is 6.73. The maximum atomic E-state index is 14.0. The molecule has 39 heavy (non-hydrogen) atoms. The van der Waals surface area contributed by atoms with Gasteiger partial charge >= 0.3 is 5.97 Å². The molecule has 0 radical (unpaired) electrons. The van der Waals surface area contributed by atoms with Gasteiger partial charge in [0.1, 0.15) is 0 Å². The molecule has 3 aromatic carbocycles. The Balaban J connectivity index is 1.53. The highest BCUT2D eigenvalue weighted by Gasteiger charge is 2.21. The van der Waals surface area contributed by atoms with E-state index in [0.29, 0.717) is 23.4 Å². The number of H-pyrrole nitrogens is 1. The lowest BCUT2D eigenvalue weighted by molar-refractivity contribution is -0.142. The van der Waals surface area contributed by atoms with Crippen LogP contribution in [0.15, 0.2) is 84.2 Å². The fourth-order valence-corrected chi connectivity index (χ4v) is 5.40. The summed E-state index contributed by atoms with van der Waals surface area (Å²) in [7, 11) is 0. The number of nitrogens with zero attached hydrogens (tertiary/aromatic N) is 2. The van der Waals surface area contributed by atoms with Gasteiger partial charge in [-0.1, -0.05) is 36.4 Å². The number of benzene rings is 3. The van der Waals surface area contributed by atoms with Crippen LogP contribution >= 0.6 is 11.3 Å². The lowest BCUT2D eigenvalue weighted by Crippen LogP contribution is -2.30. The van der Waals surface area contributed by atoms with Crippen molar-refractivity contribution in [2.75, 3.05) is 11.5 Å². The largest absolute Gasteiger partial charge is 0.466 e. The number of hydrogen-bond acceptors (Lipinski definition) is 5. The van der Waals surface area contributed by atoms with Crippen molar-refractivity contribution in [1.82, 2.24) is 4.98 Å². The highest BCUT2D eigenvalue weighted by molar-refractivity contribution is 7.13. The topological polar surface area (TPSA) is 86.2 Å². The van der Waals surface area contributed by atoms with Gasteiger partial charge in [0.05, 0.1) is 31.2 Å². The Morgan fingerprint density at radius 1 is 1.03 bits per heavy atom. The summed E-state index contributed by atoms with van der Waals surface area (Å²) in [6, 6.07) is 27.0. The number of rotatable bonds is 8. The summed E-state index contributed by atoms with van der Waals surface area (Å²) < 4.78 is 5.12. The van der Waals surface area contributed by atoms with Gasteiger partial charge in [0.15, 0.2) is 0 Å². The number of anilines is 1. The number of thiophene rings is 1. The molecule has 5 aromatic rings. The Bertz CT molecular complexity index is 1680. The predicted molar refractivity (Wildman–Crippen MR) is 155 cm³/mol. The minimum atomic E-state index is -0.289. The Morgan fingerprint density at radius 3 is 2.54 bits per heavy atom. The molecule has 2 aromatic heterocycles. The summed E-state index contributed by atoms with van der Waals surface area (Å²) in [4.78, 5) is 32.2. The Kier molecular flexibility index (Phi) is 7.57. The Labute approximate surface area is 231 Å². The van der Waals surface area contributed by atoms with Gasteiger partial charge in [-0.3, -0.25) is 9.59 Å². The number of nitrogens with one attached hydrogen (secondary N) is 1. The van der Waals surface area contributed by atoms with Gasteiger partial charge in [-0.2, -0.15) is 5.26 Å². The van der Waals surface area contributed by atoms with Crippen LogP contribution in [0.3, 0.4) is 0 Å². The van der Waals surface area contributed by atoms with E-state index in [9.17, 15) is 14.9 Å². The van der Waals surface area contributed by atoms with E-state index in [0.717, 1.165) is 38.2 Å². The van der Waals surface area contributed by atoms with Crippen molar-refractivity contribution in [3.8, 4) is 16.5 Å². The number of nitriles is 1. The molecule has 194 valence electrons. The van der Waals surface area contributed by atoms with Crippen molar-refractivity contribution in [2.24, 2.45) is 0 Å². The molecule has 5 rings (SSSR count). The number of amides is 1. The van der Waals surface area contributed by atoms with E-state index in [-0.39, 0.29) is 24.8 Å². The van der Waals surface area contributed by atoms with E-state index < -0.39 is 0 Å². The molecule has 0 atom stereocenters. The van der Waals surface area contributed by atoms with Crippen LogP contribution < -0.4 is 4.90 Å². The molecule has 7 heteroatoms. The van der Waals surface area contributed by atoms with Crippen LogP contribution in [0, 0.1) is 18.3 Å². The second-order valence-electron chi connectivity index (χ2n) is 9.16. The summed E-state index contributed by atoms with van der Waals surface area (Å²) in [6.07, 6.45) is 0.151. The van der Waals surface area contributed by atoms with Crippen LogP contribution in [0.5, 0.6) is 0 Å². The minimum absolute atomic E-state index is 0.151. The minimum Gasteiger partial charge on any atom is -0.466 e. The molecule has 0 unspecified atom stereocenters. The van der Waals surface area contributed by atoms with Gasteiger partial charge in [-0.05, 0) is 78.4 Å². The fraction of sp³-hybridized carbons (Fsp3) is 0.156. The van der Waals surface area contributed by atoms with Crippen molar-refractivity contribution < 1.29 is 14.3 Å². The lowest BCUT2D eigenvalue weighted by Gasteiger charge is -2.24. The molecule has 0 bridgehead atoms. The fourth-order valence-electron chi connectivity index (χ4n) is 4.67. The second-order valence-corrected chi connectivity index (χ2v) is 10.1. The maximum Gasteiger partial charge on any atom is 0.311 e. The van der Waals surface area contributed by atoms with Gasteiger partial charge in [-0.25, -0.2) is 0 Å². The van der Waals surface area contributed by atoms with Crippen LogP contribution in [0.25, 0.3) is 21.3 Å². The van der Waals surface area contributed by atoms with Gasteiger partial charge in [-0.15, -0.1) is 11.3 Å². The van der Waals surface area contributed by atoms with Crippen LogP contribution in [0.1, 0.15) is 39.7 Å². The predicted octanol–water partition coefficient (Wildman–Crippen LogP) is 7.03. The quantitative estimate of drug-likeness (QED) is 0.217. The molecule has 6 nitrogen and oxygen atoms in total. The van der Waals surface area contributed by atoms with E-state index in [4.69, 9.17) is 4.74 Å². The number of fused-ring (bicyclic) bond motifs is 1. The number of esters is 1. The molecule has 0 aliphatic heterocycles. The van der Waals surface area contributed by atoms with Crippen molar-refractivity contribution in [3.63, 3.8) is 0 Å². The second kappa shape index (κ2) is 11.4. The van der Waals surface area contributed by atoms with Crippen LogP contribution in [-0.2, 0) is 22.5 Å².